The summed E-state index contributed by atoms with van der Waals surface area (Å²) in [5, 5.41) is 4.20. The maximum Gasteiger partial charge on any atom is 0.322 e. The zero-order valence-electron chi connectivity index (χ0n) is 10.4. The predicted octanol–water partition coefficient (Wildman–Crippen LogP) is 2.62. The number of aromatic nitrogens is 4. The van der Waals surface area contributed by atoms with Gasteiger partial charge in [-0.15, -0.1) is 0 Å². The molecule has 2 aromatic heterocycles. The van der Waals surface area contributed by atoms with E-state index in [0.29, 0.717) is 23.7 Å². The van der Waals surface area contributed by atoms with E-state index in [4.69, 9.17) is 4.74 Å². The Labute approximate surface area is 123 Å². The number of pyridine rings is 1. The third kappa shape index (κ3) is 3.77. The van der Waals surface area contributed by atoms with Gasteiger partial charge in [-0.3, -0.25) is 0 Å². The van der Waals surface area contributed by atoms with E-state index in [2.05, 4.69) is 41.2 Å². The van der Waals surface area contributed by atoms with E-state index in [1.54, 1.807) is 13.2 Å². The quantitative estimate of drug-likeness (QED) is 0.895. The van der Waals surface area contributed by atoms with Gasteiger partial charge in [0, 0.05) is 13.2 Å². The van der Waals surface area contributed by atoms with E-state index < -0.39 is 0 Å². The van der Waals surface area contributed by atoms with Crippen molar-refractivity contribution in [1.82, 2.24) is 19.9 Å². The first-order chi connectivity index (χ1) is 9.22. The van der Waals surface area contributed by atoms with Crippen molar-refractivity contribution in [3.8, 4) is 6.01 Å². The van der Waals surface area contributed by atoms with Gasteiger partial charge in [0.2, 0.25) is 11.1 Å². The van der Waals surface area contributed by atoms with Crippen LogP contribution < -0.4 is 10.1 Å². The van der Waals surface area contributed by atoms with Gasteiger partial charge in [-0.05, 0) is 46.7 Å². The zero-order valence-corrected chi connectivity index (χ0v) is 12.8. The molecule has 0 spiro atoms. The van der Waals surface area contributed by atoms with Crippen LogP contribution in [0, 0.1) is 0 Å². The topological polar surface area (TPSA) is 72.8 Å². The van der Waals surface area contributed by atoms with Gasteiger partial charge in [-0.1, -0.05) is 0 Å². The van der Waals surface area contributed by atoms with Crippen molar-refractivity contribution < 1.29 is 4.74 Å². The summed E-state index contributed by atoms with van der Waals surface area (Å²) >= 11 is 4.78. The lowest BCUT2D eigenvalue weighted by atomic mass is 10.5. The normalized spacial score (nSPS) is 10.3. The summed E-state index contributed by atoms with van der Waals surface area (Å²) in [6, 6.07) is 4.07. The first-order valence-corrected chi connectivity index (χ1v) is 7.19. The first kappa shape index (κ1) is 14.0. The molecule has 0 saturated carbocycles. The summed E-state index contributed by atoms with van der Waals surface area (Å²) in [7, 11) is 1.75. The van der Waals surface area contributed by atoms with Crippen molar-refractivity contribution >= 4 is 33.6 Å². The molecule has 8 heteroatoms. The number of nitrogens with zero attached hydrogens (tertiary/aromatic N) is 4. The third-order valence-electron chi connectivity index (χ3n) is 2.00. The van der Waals surface area contributed by atoms with Crippen LogP contribution in [0.1, 0.15) is 6.92 Å². The van der Waals surface area contributed by atoms with Crippen molar-refractivity contribution in [2.24, 2.45) is 0 Å². The summed E-state index contributed by atoms with van der Waals surface area (Å²) in [6.07, 6.45) is 1.72. The van der Waals surface area contributed by atoms with Gasteiger partial charge in [0.25, 0.3) is 0 Å². The minimum atomic E-state index is 0.302. The molecule has 0 aromatic carbocycles. The molecule has 0 bridgehead atoms. The van der Waals surface area contributed by atoms with Crippen LogP contribution in [-0.4, -0.2) is 33.6 Å². The Balaban J connectivity index is 2.29. The molecule has 1 N–H and O–H groups in total. The van der Waals surface area contributed by atoms with Crippen molar-refractivity contribution in [3.63, 3.8) is 0 Å². The van der Waals surface area contributed by atoms with Gasteiger partial charge >= 0.3 is 6.01 Å². The zero-order chi connectivity index (χ0) is 13.7. The molecule has 0 aliphatic heterocycles. The summed E-state index contributed by atoms with van der Waals surface area (Å²) in [4.78, 5) is 16.8. The number of rotatable bonds is 5. The maximum atomic E-state index is 5.31. The Hall–Kier alpha value is -1.41. The van der Waals surface area contributed by atoms with E-state index >= 15 is 0 Å². The molecule has 0 saturated heterocycles. The highest BCUT2D eigenvalue weighted by molar-refractivity contribution is 9.10. The number of hydrogen-bond acceptors (Lipinski definition) is 7. The van der Waals surface area contributed by atoms with E-state index in [1.165, 1.54) is 11.8 Å². The fourth-order valence-corrected chi connectivity index (χ4v) is 2.43. The molecule has 6 nitrogen and oxygen atoms in total. The van der Waals surface area contributed by atoms with Crippen LogP contribution >= 0.6 is 27.7 Å². The van der Waals surface area contributed by atoms with Gasteiger partial charge in [-0.25, -0.2) is 4.98 Å². The number of ether oxygens (including phenoxy) is 1. The molecule has 0 atom stereocenters. The SMILES string of the molecule is CCOc1nc(NC)nc(Sc2ncccc2Br)n1. The lowest BCUT2D eigenvalue weighted by Crippen LogP contribution is -2.04. The molecule has 0 unspecified atom stereocenters. The summed E-state index contributed by atoms with van der Waals surface area (Å²) in [5.74, 6) is 0.466. The monoisotopic (exact) mass is 341 g/mol. The Morgan fingerprint density at radius 2 is 2.21 bits per heavy atom. The van der Waals surface area contributed by atoms with Crippen molar-refractivity contribution in [1.29, 1.82) is 0 Å². The molecular weight excluding hydrogens is 330 g/mol. The van der Waals surface area contributed by atoms with Crippen molar-refractivity contribution in [2.75, 3.05) is 19.0 Å². The van der Waals surface area contributed by atoms with Crippen LogP contribution in [0.4, 0.5) is 5.95 Å². The fourth-order valence-electron chi connectivity index (χ4n) is 1.22. The van der Waals surface area contributed by atoms with Gasteiger partial charge in [-0.2, -0.15) is 15.0 Å². The second-order valence-electron chi connectivity index (χ2n) is 3.30. The second kappa shape index (κ2) is 6.67. The molecule has 0 fully saturated rings. The Bertz CT molecular complexity index is 569. The van der Waals surface area contributed by atoms with Crippen molar-refractivity contribution in [2.45, 2.75) is 17.1 Å². The van der Waals surface area contributed by atoms with Crippen LogP contribution in [0.25, 0.3) is 0 Å². The molecule has 0 aliphatic rings. The molecular formula is C11H12BrN5OS. The smallest absolute Gasteiger partial charge is 0.322 e. The lowest BCUT2D eigenvalue weighted by molar-refractivity contribution is 0.308. The molecule has 0 aliphatic carbocycles. The van der Waals surface area contributed by atoms with E-state index in [1.807, 2.05) is 19.1 Å². The summed E-state index contributed by atoms with van der Waals surface area (Å²) in [5.41, 5.74) is 0. The van der Waals surface area contributed by atoms with Crippen LogP contribution in [-0.2, 0) is 0 Å². The van der Waals surface area contributed by atoms with E-state index in [9.17, 15) is 0 Å². The molecule has 2 heterocycles. The Morgan fingerprint density at radius 1 is 1.37 bits per heavy atom. The molecule has 0 radical (unpaired) electrons. The van der Waals surface area contributed by atoms with Gasteiger partial charge in [0.1, 0.15) is 5.03 Å². The fraction of sp³-hybridized carbons (Fsp3) is 0.273. The highest BCUT2D eigenvalue weighted by Crippen LogP contribution is 2.30. The highest BCUT2D eigenvalue weighted by Gasteiger charge is 2.10. The summed E-state index contributed by atoms with van der Waals surface area (Å²) in [6.45, 7) is 2.38. The maximum absolute atomic E-state index is 5.31. The van der Waals surface area contributed by atoms with Gasteiger partial charge in [0.15, 0.2) is 0 Å². The van der Waals surface area contributed by atoms with Gasteiger partial charge < -0.3 is 10.1 Å². The third-order valence-corrected chi connectivity index (χ3v) is 3.79. The Kier molecular flexibility index (Phi) is 4.92. The highest BCUT2D eigenvalue weighted by atomic mass is 79.9. The van der Waals surface area contributed by atoms with Crippen LogP contribution in [0.5, 0.6) is 6.01 Å². The summed E-state index contributed by atoms with van der Waals surface area (Å²) < 4.78 is 6.20. The molecule has 2 aromatic rings. The average molecular weight is 342 g/mol. The van der Waals surface area contributed by atoms with E-state index in [-0.39, 0.29) is 0 Å². The number of nitrogens with one attached hydrogen (secondary N) is 1. The molecule has 2 rings (SSSR count). The number of halogens is 1. The van der Waals surface area contributed by atoms with Crippen LogP contribution in [0.3, 0.4) is 0 Å². The standard InChI is InChI=1S/C11H12BrN5OS/c1-3-18-10-15-9(13-2)16-11(17-10)19-8-7(12)5-4-6-14-8/h4-6H,3H2,1-2H3,(H,13,15,16,17). The lowest BCUT2D eigenvalue weighted by Gasteiger charge is -2.06. The largest absolute Gasteiger partial charge is 0.464 e. The Morgan fingerprint density at radius 3 is 2.89 bits per heavy atom. The van der Waals surface area contributed by atoms with Crippen molar-refractivity contribution in [3.05, 3.63) is 22.8 Å². The molecule has 0 amide bonds. The van der Waals surface area contributed by atoms with E-state index in [0.717, 1.165) is 9.50 Å². The number of hydrogen-bond donors (Lipinski definition) is 1. The predicted molar refractivity (Wildman–Crippen MR) is 76.6 cm³/mol. The van der Waals surface area contributed by atoms with Crippen LogP contribution in [0.15, 0.2) is 33.0 Å². The number of anilines is 1. The van der Waals surface area contributed by atoms with Gasteiger partial charge in [0.05, 0.1) is 11.1 Å². The minimum absolute atomic E-state index is 0.302. The molecule has 19 heavy (non-hydrogen) atoms. The average Bonchev–Trinajstić information content (AvgIpc) is 2.41. The first-order valence-electron chi connectivity index (χ1n) is 5.58. The van der Waals surface area contributed by atoms with Crippen LogP contribution in [0.2, 0.25) is 0 Å². The molecule has 100 valence electrons. The minimum Gasteiger partial charge on any atom is -0.464 e. The second-order valence-corrected chi connectivity index (χ2v) is 5.11.